The highest BCUT2D eigenvalue weighted by Crippen LogP contribution is 2.57. The summed E-state index contributed by atoms with van der Waals surface area (Å²) in [5.41, 5.74) is -0.286. The molecule has 3 nitrogen and oxygen atoms in total. The Morgan fingerprint density at radius 2 is 1.85 bits per heavy atom. The SMILES string of the molecule is CC(=O)[C@]1(C)CC[C@@H](C)[C@](C)(CCO[Si](C)(C)C(C)(C)C)[C@H]1CCC=O. The Morgan fingerprint density at radius 3 is 2.31 bits per heavy atom. The first-order valence-corrected chi connectivity index (χ1v) is 13.2. The zero-order chi connectivity index (χ0) is 20.4. The lowest BCUT2D eigenvalue weighted by Crippen LogP contribution is -2.52. The molecule has 0 amide bonds. The molecule has 1 saturated carbocycles. The van der Waals surface area contributed by atoms with Crippen LogP contribution >= 0.6 is 0 Å². The molecule has 1 rings (SSSR count). The molecule has 26 heavy (non-hydrogen) atoms. The molecule has 0 aromatic carbocycles. The van der Waals surface area contributed by atoms with Crippen LogP contribution in [0.2, 0.25) is 18.1 Å². The van der Waals surface area contributed by atoms with Crippen LogP contribution in [0, 0.1) is 22.7 Å². The molecule has 0 aliphatic heterocycles. The zero-order valence-corrected chi connectivity index (χ0v) is 19.7. The molecule has 1 aliphatic carbocycles. The molecule has 0 N–H and O–H groups in total. The summed E-state index contributed by atoms with van der Waals surface area (Å²) in [4.78, 5) is 23.6. The summed E-state index contributed by atoms with van der Waals surface area (Å²) in [5.74, 6) is 1.05. The van der Waals surface area contributed by atoms with Gasteiger partial charge in [-0.25, -0.2) is 0 Å². The second kappa shape index (κ2) is 8.26. The van der Waals surface area contributed by atoms with Gasteiger partial charge in [0.05, 0.1) is 0 Å². The molecule has 4 atom stereocenters. The maximum Gasteiger partial charge on any atom is 0.191 e. The van der Waals surface area contributed by atoms with E-state index in [1.807, 2.05) is 0 Å². The van der Waals surface area contributed by atoms with Crippen LogP contribution in [0.15, 0.2) is 0 Å². The topological polar surface area (TPSA) is 43.4 Å². The van der Waals surface area contributed by atoms with Crippen molar-refractivity contribution in [2.45, 2.75) is 98.7 Å². The van der Waals surface area contributed by atoms with Crippen LogP contribution in [0.25, 0.3) is 0 Å². The van der Waals surface area contributed by atoms with Gasteiger partial charge < -0.3 is 9.22 Å². The molecule has 1 fully saturated rings. The zero-order valence-electron chi connectivity index (χ0n) is 18.7. The maximum absolute atomic E-state index is 12.5. The minimum absolute atomic E-state index is 0.0318. The van der Waals surface area contributed by atoms with Crippen LogP contribution in [-0.2, 0) is 14.0 Å². The summed E-state index contributed by atoms with van der Waals surface area (Å²) in [6, 6.07) is 0. The highest BCUT2D eigenvalue weighted by Gasteiger charge is 2.53. The molecule has 0 spiro atoms. The Morgan fingerprint density at radius 1 is 1.27 bits per heavy atom. The number of carbonyl (C=O) groups is 2. The first-order chi connectivity index (χ1) is 11.7. The van der Waals surface area contributed by atoms with Crippen molar-refractivity contribution in [3.63, 3.8) is 0 Å². The lowest BCUT2D eigenvalue weighted by Gasteiger charge is -2.55. The van der Waals surface area contributed by atoms with Crippen molar-refractivity contribution in [2.24, 2.45) is 22.7 Å². The van der Waals surface area contributed by atoms with Crippen molar-refractivity contribution in [3.8, 4) is 0 Å². The van der Waals surface area contributed by atoms with Gasteiger partial charge >= 0.3 is 0 Å². The van der Waals surface area contributed by atoms with E-state index in [1.165, 1.54) is 0 Å². The summed E-state index contributed by atoms with van der Waals surface area (Å²) in [7, 11) is -1.77. The van der Waals surface area contributed by atoms with E-state index in [-0.39, 0.29) is 27.6 Å². The number of rotatable bonds is 8. The highest BCUT2D eigenvalue weighted by atomic mass is 28.4. The normalized spacial score (nSPS) is 33.1. The van der Waals surface area contributed by atoms with Gasteiger partial charge in [-0.15, -0.1) is 0 Å². The maximum atomic E-state index is 12.5. The standard InChI is InChI=1S/C22H42O3Si/c1-17-12-13-22(7,18(2)24)19(11-10-15-23)21(17,6)14-16-25-26(8,9)20(3,4)5/h15,17,19H,10-14,16H2,1-9H3/t17-,19-,21+,22+/m1/s1. The quantitative estimate of drug-likeness (QED) is 0.380. The Bertz CT molecular complexity index is 508. The van der Waals surface area contributed by atoms with Crippen LogP contribution in [0.5, 0.6) is 0 Å². The van der Waals surface area contributed by atoms with Crippen LogP contribution in [0.3, 0.4) is 0 Å². The van der Waals surface area contributed by atoms with Crippen LogP contribution in [-0.4, -0.2) is 27.0 Å². The van der Waals surface area contributed by atoms with Gasteiger partial charge in [0.1, 0.15) is 12.1 Å². The molecule has 0 bridgehead atoms. The van der Waals surface area contributed by atoms with Gasteiger partial charge in [0.25, 0.3) is 0 Å². The first-order valence-electron chi connectivity index (χ1n) is 10.3. The van der Waals surface area contributed by atoms with Gasteiger partial charge in [-0.3, -0.25) is 4.79 Å². The molecule has 0 aromatic rings. The van der Waals surface area contributed by atoms with Crippen LogP contribution in [0.1, 0.15) is 80.6 Å². The van der Waals surface area contributed by atoms with E-state index >= 15 is 0 Å². The van der Waals surface area contributed by atoms with Gasteiger partial charge in [-0.05, 0) is 68.0 Å². The lowest BCUT2D eigenvalue weighted by molar-refractivity contribution is -0.142. The first kappa shape index (κ1) is 23.6. The third-order valence-corrected chi connectivity index (χ3v) is 12.6. The van der Waals surface area contributed by atoms with Gasteiger partial charge in [-0.1, -0.05) is 41.5 Å². The van der Waals surface area contributed by atoms with Crippen LogP contribution < -0.4 is 0 Å². The number of aldehydes is 1. The number of hydrogen-bond donors (Lipinski definition) is 0. The van der Waals surface area contributed by atoms with Gasteiger partial charge in [0, 0.05) is 18.4 Å². The van der Waals surface area contributed by atoms with E-state index in [9.17, 15) is 9.59 Å². The predicted molar refractivity (Wildman–Crippen MR) is 112 cm³/mol. The molecule has 0 saturated heterocycles. The Labute approximate surface area is 162 Å². The summed E-state index contributed by atoms with van der Waals surface area (Å²) < 4.78 is 6.48. The summed E-state index contributed by atoms with van der Waals surface area (Å²) in [6.07, 6.45) is 5.33. The molecular weight excluding hydrogens is 340 g/mol. The third kappa shape index (κ3) is 4.67. The van der Waals surface area contributed by atoms with E-state index in [0.29, 0.717) is 12.3 Å². The number of Topliss-reactive ketones (excluding diaryl/α,β-unsaturated/α-hetero) is 1. The van der Waals surface area contributed by atoms with Gasteiger partial charge in [0.15, 0.2) is 8.32 Å². The molecule has 0 aromatic heterocycles. The summed E-state index contributed by atoms with van der Waals surface area (Å²) in [5, 5.41) is 0.205. The largest absolute Gasteiger partial charge is 0.417 e. The van der Waals surface area contributed by atoms with Crippen molar-refractivity contribution in [2.75, 3.05) is 6.61 Å². The minimum Gasteiger partial charge on any atom is -0.417 e. The second-order valence-corrected chi connectivity index (χ2v) is 15.4. The minimum atomic E-state index is -1.77. The Hall–Kier alpha value is -0.483. The number of carbonyl (C=O) groups excluding carboxylic acids is 2. The number of ketones is 1. The molecular formula is C22H42O3Si. The van der Waals surface area contributed by atoms with Gasteiger partial charge in [0.2, 0.25) is 0 Å². The van der Waals surface area contributed by atoms with E-state index in [1.54, 1.807) is 6.92 Å². The smallest absolute Gasteiger partial charge is 0.191 e. The molecule has 1 aliphatic rings. The fraction of sp³-hybridized carbons (Fsp3) is 0.909. The fourth-order valence-electron chi connectivity index (χ4n) is 4.56. The summed E-state index contributed by atoms with van der Waals surface area (Å²) >= 11 is 0. The van der Waals surface area contributed by atoms with Crippen molar-refractivity contribution in [1.29, 1.82) is 0 Å². The second-order valence-electron chi connectivity index (χ2n) is 10.6. The molecule has 0 heterocycles. The molecule has 4 heteroatoms. The fourth-order valence-corrected chi connectivity index (χ4v) is 5.60. The summed E-state index contributed by atoms with van der Waals surface area (Å²) in [6.45, 7) is 20.7. The third-order valence-electron chi connectivity index (χ3n) is 8.07. The molecule has 0 unspecified atom stereocenters. The number of hydrogen-bond acceptors (Lipinski definition) is 3. The molecule has 0 radical (unpaired) electrons. The average molecular weight is 383 g/mol. The van der Waals surface area contributed by atoms with E-state index in [0.717, 1.165) is 38.6 Å². The van der Waals surface area contributed by atoms with Crippen molar-refractivity contribution in [1.82, 2.24) is 0 Å². The van der Waals surface area contributed by atoms with Crippen molar-refractivity contribution in [3.05, 3.63) is 0 Å². The van der Waals surface area contributed by atoms with Gasteiger partial charge in [-0.2, -0.15) is 0 Å². The van der Waals surface area contributed by atoms with Crippen LogP contribution in [0.4, 0.5) is 0 Å². The van der Waals surface area contributed by atoms with E-state index in [4.69, 9.17) is 4.43 Å². The lowest BCUT2D eigenvalue weighted by atomic mass is 9.49. The monoisotopic (exact) mass is 382 g/mol. The van der Waals surface area contributed by atoms with E-state index < -0.39 is 8.32 Å². The highest BCUT2D eigenvalue weighted by molar-refractivity contribution is 6.74. The van der Waals surface area contributed by atoms with Crippen molar-refractivity contribution < 1.29 is 14.0 Å². The predicted octanol–water partition coefficient (Wildman–Crippen LogP) is 6.03. The molecule has 152 valence electrons. The Kier molecular flexibility index (Phi) is 7.48. The average Bonchev–Trinajstić information content (AvgIpc) is 2.50. The Balaban J connectivity index is 3.04. The van der Waals surface area contributed by atoms with E-state index in [2.05, 4.69) is 54.6 Å². The van der Waals surface area contributed by atoms with Crippen molar-refractivity contribution >= 4 is 20.4 Å².